The van der Waals surface area contributed by atoms with Gasteiger partial charge in [0.25, 0.3) is 5.91 Å². The Bertz CT molecular complexity index is 914. The lowest BCUT2D eigenvalue weighted by molar-refractivity contribution is -0.121. The molecule has 0 bridgehead atoms. The SMILES string of the molecule is CCCNC(=O)Cn1cc(OC)c(=O)cc1CN1CCN(C(=O)c2ccco2)CC1. The van der Waals surface area contributed by atoms with Gasteiger partial charge in [-0.3, -0.25) is 19.3 Å². The largest absolute Gasteiger partial charge is 0.491 e. The normalized spacial score (nSPS) is 14.5. The van der Waals surface area contributed by atoms with Gasteiger partial charge in [-0.05, 0) is 18.6 Å². The van der Waals surface area contributed by atoms with Crippen LogP contribution in [0, 0.1) is 0 Å². The number of piperazine rings is 1. The Balaban J connectivity index is 1.67. The molecule has 30 heavy (non-hydrogen) atoms. The number of nitrogens with zero attached hydrogens (tertiary/aromatic N) is 3. The minimum absolute atomic E-state index is 0.113. The van der Waals surface area contributed by atoms with Crippen LogP contribution in [0.25, 0.3) is 0 Å². The van der Waals surface area contributed by atoms with Crippen molar-refractivity contribution in [1.29, 1.82) is 0 Å². The summed E-state index contributed by atoms with van der Waals surface area (Å²) in [7, 11) is 1.44. The monoisotopic (exact) mass is 416 g/mol. The Hall–Kier alpha value is -3.07. The van der Waals surface area contributed by atoms with Gasteiger partial charge < -0.3 is 23.9 Å². The van der Waals surface area contributed by atoms with Gasteiger partial charge in [0.2, 0.25) is 11.3 Å². The van der Waals surface area contributed by atoms with Crippen molar-refractivity contribution in [2.75, 3.05) is 39.8 Å². The third kappa shape index (κ3) is 5.29. The zero-order valence-electron chi connectivity index (χ0n) is 17.4. The third-order valence-corrected chi connectivity index (χ3v) is 5.07. The lowest BCUT2D eigenvalue weighted by Gasteiger charge is -2.34. The number of ether oxygens (including phenoxy) is 1. The van der Waals surface area contributed by atoms with E-state index >= 15 is 0 Å². The molecule has 0 spiro atoms. The van der Waals surface area contributed by atoms with Crippen molar-refractivity contribution in [2.24, 2.45) is 0 Å². The molecule has 2 aromatic heterocycles. The van der Waals surface area contributed by atoms with Crippen LogP contribution in [0.4, 0.5) is 0 Å². The average Bonchev–Trinajstić information content (AvgIpc) is 3.29. The number of aromatic nitrogens is 1. The van der Waals surface area contributed by atoms with Gasteiger partial charge in [0.05, 0.1) is 19.6 Å². The Morgan fingerprint density at radius 3 is 2.63 bits per heavy atom. The minimum atomic E-state index is -0.218. The van der Waals surface area contributed by atoms with Gasteiger partial charge in [-0.15, -0.1) is 0 Å². The number of hydrogen-bond acceptors (Lipinski definition) is 6. The molecule has 9 heteroatoms. The Labute approximate surface area is 175 Å². The van der Waals surface area contributed by atoms with Crippen LogP contribution in [-0.2, 0) is 17.9 Å². The Morgan fingerprint density at radius 1 is 1.23 bits per heavy atom. The van der Waals surface area contributed by atoms with E-state index in [2.05, 4.69) is 10.2 Å². The first kappa shape index (κ1) is 21.6. The maximum absolute atomic E-state index is 12.4. The molecule has 162 valence electrons. The summed E-state index contributed by atoms with van der Waals surface area (Å²) >= 11 is 0. The fraction of sp³-hybridized carbons (Fsp3) is 0.476. The third-order valence-electron chi connectivity index (χ3n) is 5.07. The molecule has 2 aromatic rings. The molecule has 1 aliphatic heterocycles. The van der Waals surface area contributed by atoms with Crippen LogP contribution in [0.15, 0.2) is 39.9 Å². The Kier molecular flexibility index (Phi) is 7.29. The molecule has 0 unspecified atom stereocenters. The number of rotatable bonds is 8. The molecule has 1 N–H and O–H groups in total. The molecule has 3 rings (SSSR count). The predicted molar refractivity (Wildman–Crippen MR) is 110 cm³/mol. The lowest BCUT2D eigenvalue weighted by Crippen LogP contribution is -2.48. The summed E-state index contributed by atoms with van der Waals surface area (Å²) in [5.74, 6) is 0.313. The van der Waals surface area contributed by atoms with E-state index in [4.69, 9.17) is 9.15 Å². The molecule has 3 heterocycles. The van der Waals surface area contributed by atoms with Crippen LogP contribution in [0.1, 0.15) is 29.6 Å². The molecule has 0 radical (unpaired) electrons. The fourth-order valence-corrected chi connectivity index (χ4v) is 3.40. The van der Waals surface area contributed by atoms with E-state index in [-0.39, 0.29) is 29.5 Å². The molecule has 0 aliphatic carbocycles. The summed E-state index contributed by atoms with van der Waals surface area (Å²) in [5.41, 5.74) is 0.516. The number of hydrogen-bond donors (Lipinski definition) is 1. The summed E-state index contributed by atoms with van der Waals surface area (Å²) in [4.78, 5) is 40.8. The number of furan rings is 1. The second-order valence-electron chi connectivity index (χ2n) is 7.22. The predicted octanol–water partition coefficient (Wildman–Crippen LogP) is 0.934. The maximum Gasteiger partial charge on any atom is 0.289 e. The number of amides is 2. The molecule has 9 nitrogen and oxygen atoms in total. The van der Waals surface area contributed by atoms with Crippen molar-refractivity contribution >= 4 is 11.8 Å². The first-order valence-corrected chi connectivity index (χ1v) is 10.1. The van der Waals surface area contributed by atoms with E-state index in [0.29, 0.717) is 45.0 Å². The topological polar surface area (TPSA) is 97.0 Å². The van der Waals surface area contributed by atoms with Gasteiger partial charge in [0.15, 0.2) is 11.5 Å². The highest BCUT2D eigenvalue weighted by atomic mass is 16.5. The zero-order chi connectivity index (χ0) is 21.5. The van der Waals surface area contributed by atoms with Crippen molar-refractivity contribution in [1.82, 2.24) is 19.7 Å². The minimum Gasteiger partial charge on any atom is -0.491 e. The number of carbonyl (C=O) groups is 2. The summed E-state index contributed by atoms with van der Waals surface area (Å²) in [5, 5.41) is 2.85. The molecule has 1 fully saturated rings. The molecule has 1 aliphatic rings. The van der Waals surface area contributed by atoms with Gasteiger partial charge in [-0.2, -0.15) is 0 Å². The van der Waals surface area contributed by atoms with Crippen molar-refractivity contribution < 1.29 is 18.7 Å². The first-order chi connectivity index (χ1) is 14.5. The average molecular weight is 416 g/mol. The van der Waals surface area contributed by atoms with Crippen LogP contribution < -0.4 is 15.5 Å². The highest BCUT2D eigenvalue weighted by Crippen LogP contribution is 2.13. The zero-order valence-corrected chi connectivity index (χ0v) is 17.4. The molecular weight excluding hydrogens is 388 g/mol. The highest BCUT2D eigenvalue weighted by molar-refractivity contribution is 5.91. The van der Waals surface area contributed by atoms with E-state index in [9.17, 15) is 14.4 Å². The maximum atomic E-state index is 12.4. The second-order valence-corrected chi connectivity index (χ2v) is 7.22. The fourth-order valence-electron chi connectivity index (χ4n) is 3.40. The van der Waals surface area contributed by atoms with Crippen LogP contribution in [0.2, 0.25) is 0 Å². The van der Waals surface area contributed by atoms with E-state index < -0.39 is 0 Å². The van der Waals surface area contributed by atoms with Crippen molar-refractivity contribution in [3.05, 3.63) is 52.3 Å². The van der Waals surface area contributed by atoms with Crippen molar-refractivity contribution in [3.8, 4) is 5.75 Å². The van der Waals surface area contributed by atoms with Crippen LogP contribution in [0.5, 0.6) is 5.75 Å². The highest BCUT2D eigenvalue weighted by Gasteiger charge is 2.24. The van der Waals surface area contributed by atoms with Gasteiger partial charge in [0.1, 0.15) is 6.54 Å². The number of methoxy groups -OCH3 is 1. The van der Waals surface area contributed by atoms with Crippen LogP contribution in [-0.4, -0.2) is 66.0 Å². The smallest absolute Gasteiger partial charge is 0.289 e. The van der Waals surface area contributed by atoms with E-state index in [1.165, 1.54) is 19.4 Å². The van der Waals surface area contributed by atoms with Gasteiger partial charge in [-0.25, -0.2) is 0 Å². The van der Waals surface area contributed by atoms with E-state index in [0.717, 1.165) is 12.1 Å². The van der Waals surface area contributed by atoms with Gasteiger partial charge in [0, 0.05) is 51.0 Å². The van der Waals surface area contributed by atoms with Crippen molar-refractivity contribution in [3.63, 3.8) is 0 Å². The first-order valence-electron chi connectivity index (χ1n) is 10.1. The quantitative estimate of drug-likeness (QED) is 0.688. The van der Waals surface area contributed by atoms with Crippen LogP contribution >= 0.6 is 0 Å². The number of pyridine rings is 1. The van der Waals surface area contributed by atoms with E-state index in [1.807, 2.05) is 6.92 Å². The second kappa shape index (κ2) is 10.1. The lowest BCUT2D eigenvalue weighted by atomic mass is 10.2. The summed E-state index contributed by atoms with van der Waals surface area (Å²) in [6.07, 6.45) is 3.93. The number of nitrogens with one attached hydrogen (secondary N) is 1. The molecule has 0 aromatic carbocycles. The molecule has 0 saturated carbocycles. The molecule has 2 amide bonds. The van der Waals surface area contributed by atoms with Crippen molar-refractivity contribution in [2.45, 2.75) is 26.4 Å². The Morgan fingerprint density at radius 2 is 2.00 bits per heavy atom. The van der Waals surface area contributed by atoms with Gasteiger partial charge in [-0.1, -0.05) is 6.92 Å². The summed E-state index contributed by atoms with van der Waals surface area (Å²) < 4.78 is 12.1. The molecule has 0 atom stereocenters. The van der Waals surface area contributed by atoms with E-state index in [1.54, 1.807) is 27.8 Å². The molecular formula is C21H28N4O5. The number of carbonyl (C=O) groups excluding carboxylic acids is 2. The van der Waals surface area contributed by atoms with Crippen LogP contribution in [0.3, 0.4) is 0 Å². The summed E-state index contributed by atoms with van der Waals surface area (Å²) in [6, 6.07) is 4.88. The summed E-state index contributed by atoms with van der Waals surface area (Å²) in [6.45, 7) is 5.67. The standard InChI is InChI=1S/C21H28N4O5/c1-3-6-22-20(27)15-25-14-19(29-2)17(26)12-16(25)13-23-7-9-24(10-8-23)21(28)18-5-4-11-30-18/h4-5,11-12,14H,3,6-10,13,15H2,1-2H3,(H,22,27). The van der Waals surface area contributed by atoms with Gasteiger partial charge >= 0.3 is 0 Å². The molecule has 1 saturated heterocycles.